The molecule has 0 atom stereocenters. The van der Waals surface area contributed by atoms with Gasteiger partial charge in [0, 0.05) is 16.6 Å². The molecule has 0 aliphatic heterocycles. The summed E-state index contributed by atoms with van der Waals surface area (Å²) in [6.45, 7) is 13.1. The molecular formula is C46H35N. The molecule has 0 saturated carbocycles. The van der Waals surface area contributed by atoms with Crippen molar-refractivity contribution in [3.8, 4) is 11.1 Å². The van der Waals surface area contributed by atoms with Crippen molar-refractivity contribution in [3.63, 3.8) is 0 Å². The van der Waals surface area contributed by atoms with Crippen molar-refractivity contribution in [1.29, 1.82) is 0 Å². The van der Waals surface area contributed by atoms with Crippen LogP contribution < -0.4 is 15.3 Å². The van der Waals surface area contributed by atoms with Crippen LogP contribution in [0.2, 0.25) is 0 Å². The predicted molar refractivity (Wildman–Crippen MR) is 205 cm³/mol. The van der Waals surface area contributed by atoms with Crippen molar-refractivity contribution in [3.05, 3.63) is 180 Å². The maximum absolute atomic E-state index is 4.36. The van der Waals surface area contributed by atoms with E-state index in [0.29, 0.717) is 0 Å². The standard InChI is InChI=1S/C46H35N/c1-5-45(38-17-11-9-13-31(38)3)47(36-15-7-6-8-16-36)37-23-26-39-32(4)43-27-30(2)19-24-42(43)46(44(39)29-37)35-22-25-41-34(28-35)21-20-33-14-10-12-18-40(33)41/h5-29H,1,3H2,2,4H3/b45-38+. The van der Waals surface area contributed by atoms with E-state index in [2.05, 4.69) is 171 Å². The Balaban J connectivity index is 1.46. The molecule has 0 aliphatic carbocycles. The normalized spacial score (nSPS) is 12.1. The van der Waals surface area contributed by atoms with Crippen molar-refractivity contribution in [2.24, 2.45) is 0 Å². The van der Waals surface area contributed by atoms with Crippen molar-refractivity contribution >= 4 is 66.7 Å². The Labute approximate surface area is 275 Å². The summed E-state index contributed by atoms with van der Waals surface area (Å²) in [6, 6.07) is 52.7. The van der Waals surface area contributed by atoms with E-state index in [-0.39, 0.29) is 0 Å². The monoisotopic (exact) mass is 601 g/mol. The van der Waals surface area contributed by atoms with Gasteiger partial charge in [-0.05, 0) is 115 Å². The molecule has 47 heavy (non-hydrogen) atoms. The van der Waals surface area contributed by atoms with Crippen molar-refractivity contribution < 1.29 is 0 Å². The van der Waals surface area contributed by atoms with E-state index in [4.69, 9.17) is 0 Å². The van der Waals surface area contributed by atoms with Gasteiger partial charge in [-0.25, -0.2) is 0 Å². The van der Waals surface area contributed by atoms with Gasteiger partial charge >= 0.3 is 0 Å². The average Bonchev–Trinajstić information content (AvgIpc) is 3.11. The molecule has 0 saturated heterocycles. The topological polar surface area (TPSA) is 3.24 Å². The van der Waals surface area contributed by atoms with Crippen LogP contribution in [0.1, 0.15) is 11.1 Å². The van der Waals surface area contributed by atoms with Crippen molar-refractivity contribution in [2.45, 2.75) is 13.8 Å². The smallest absolute Gasteiger partial charge is 0.0533 e. The van der Waals surface area contributed by atoms with E-state index in [1.54, 1.807) is 0 Å². The Morgan fingerprint density at radius 1 is 0.532 bits per heavy atom. The Morgan fingerprint density at radius 3 is 2.06 bits per heavy atom. The molecule has 8 aromatic rings. The highest BCUT2D eigenvalue weighted by molar-refractivity contribution is 6.17. The van der Waals surface area contributed by atoms with Crippen LogP contribution in [0.15, 0.2) is 158 Å². The first-order chi connectivity index (χ1) is 23.0. The van der Waals surface area contributed by atoms with Gasteiger partial charge in [-0.2, -0.15) is 0 Å². The van der Waals surface area contributed by atoms with Crippen LogP contribution >= 0.6 is 0 Å². The molecule has 0 amide bonds. The lowest BCUT2D eigenvalue weighted by molar-refractivity contribution is 1.29. The maximum atomic E-state index is 4.36. The molecule has 1 nitrogen and oxygen atoms in total. The molecular weight excluding hydrogens is 567 g/mol. The van der Waals surface area contributed by atoms with Crippen LogP contribution in [0, 0.1) is 13.8 Å². The molecule has 0 N–H and O–H groups in total. The summed E-state index contributed by atoms with van der Waals surface area (Å²) < 4.78 is 0. The number of aryl methyl sites for hydroxylation is 2. The third kappa shape index (κ3) is 4.80. The molecule has 224 valence electrons. The second-order valence-electron chi connectivity index (χ2n) is 12.4. The molecule has 1 heteroatoms. The fraction of sp³-hybridized carbons (Fsp3) is 0.0435. The summed E-state index contributed by atoms with van der Waals surface area (Å²) in [5, 5.41) is 12.1. The van der Waals surface area contributed by atoms with E-state index in [1.165, 1.54) is 65.3 Å². The Kier molecular flexibility index (Phi) is 6.96. The molecule has 0 spiro atoms. The highest BCUT2D eigenvalue weighted by Gasteiger charge is 2.19. The molecule has 8 rings (SSSR count). The number of hydrogen-bond acceptors (Lipinski definition) is 1. The van der Waals surface area contributed by atoms with Gasteiger partial charge in [0.2, 0.25) is 0 Å². The molecule has 0 bridgehead atoms. The van der Waals surface area contributed by atoms with Crippen LogP contribution in [0.25, 0.3) is 66.5 Å². The van der Waals surface area contributed by atoms with E-state index < -0.39 is 0 Å². The Hall–Kier alpha value is -5.92. The van der Waals surface area contributed by atoms with Gasteiger partial charge in [0.15, 0.2) is 0 Å². The van der Waals surface area contributed by atoms with Gasteiger partial charge in [0.05, 0.1) is 5.70 Å². The Morgan fingerprint density at radius 2 is 1.23 bits per heavy atom. The Bertz CT molecular complexity index is 2630. The minimum atomic E-state index is 0.964. The van der Waals surface area contributed by atoms with E-state index in [9.17, 15) is 0 Å². The highest BCUT2D eigenvalue weighted by atomic mass is 15.1. The van der Waals surface area contributed by atoms with Crippen LogP contribution in [-0.2, 0) is 0 Å². The van der Waals surface area contributed by atoms with Crippen molar-refractivity contribution in [1.82, 2.24) is 0 Å². The van der Waals surface area contributed by atoms with Crippen LogP contribution in [-0.4, -0.2) is 0 Å². The second-order valence-corrected chi connectivity index (χ2v) is 12.4. The lowest BCUT2D eigenvalue weighted by atomic mass is 9.87. The number of para-hydroxylation sites is 1. The predicted octanol–water partition coefficient (Wildman–Crippen LogP) is 11.1. The highest BCUT2D eigenvalue weighted by Crippen LogP contribution is 2.43. The van der Waals surface area contributed by atoms with Gasteiger partial charge in [0.1, 0.15) is 0 Å². The zero-order chi connectivity index (χ0) is 32.1. The van der Waals surface area contributed by atoms with E-state index in [0.717, 1.165) is 27.5 Å². The number of hydrogen-bond donors (Lipinski definition) is 0. The van der Waals surface area contributed by atoms with Gasteiger partial charge in [-0.1, -0.05) is 134 Å². The molecule has 0 fully saturated rings. The van der Waals surface area contributed by atoms with Gasteiger partial charge < -0.3 is 4.90 Å². The average molecular weight is 602 g/mol. The number of rotatable bonds is 5. The minimum Gasteiger partial charge on any atom is -0.310 e. The molecule has 8 aromatic carbocycles. The SMILES string of the molecule is C=C/C(=c1/ccccc1=C)N(c1ccccc1)c1ccc2c(C)c3cc(C)ccc3c(-c3ccc4c(ccc5ccccc54)c3)c2c1. The fourth-order valence-electron chi connectivity index (χ4n) is 7.26. The maximum Gasteiger partial charge on any atom is 0.0533 e. The quantitative estimate of drug-likeness (QED) is 0.140. The largest absolute Gasteiger partial charge is 0.310 e. The zero-order valence-electron chi connectivity index (χ0n) is 26.8. The first kappa shape index (κ1) is 28.5. The number of anilines is 2. The molecule has 0 radical (unpaired) electrons. The molecule has 0 unspecified atom stereocenters. The summed E-state index contributed by atoms with van der Waals surface area (Å²) in [4.78, 5) is 2.31. The van der Waals surface area contributed by atoms with Crippen LogP contribution in [0.3, 0.4) is 0 Å². The summed E-state index contributed by atoms with van der Waals surface area (Å²) in [5.41, 5.74) is 8.16. The first-order valence-corrected chi connectivity index (χ1v) is 16.2. The summed E-state index contributed by atoms with van der Waals surface area (Å²) >= 11 is 0. The molecule has 0 aromatic heterocycles. The van der Waals surface area contributed by atoms with E-state index >= 15 is 0 Å². The third-order valence-corrected chi connectivity index (χ3v) is 9.56. The number of benzene rings is 8. The first-order valence-electron chi connectivity index (χ1n) is 16.2. The minimum absolute atomic E-state index is 0.964. The van der Waals surface area contributed by atoms with Gasteiger partial charge in [-0.15, -0.1) is 0 Å². The number of nitrogens with zero attached hydrogens (tertiary/aromatic N) is 1. The molecule has 0 aliphatic rings. The van der Waals surface area contributed by atoms with Crippen LogP contribution in [0.4, 0.5) is 11.4 Å². The van der Waals surface area contributed by atoms with Crippen molar-refractivity contribution in [2.75, 3.05) is 4.90 Å². The zero-order valence-corrected chi connectivity index (χ0v) is 26.8. The summed E-state index contributed by atoms with van der Waals surface area (Å²) in [5.74, 6) is 0. The fourth-order valence-corrected chi connectivity index (χ4v) is 7.26. The van der Waals surface area contributed by atoms with Gasteiger partial charge in [0.25, 0.3) is 0 Å². The lowest BCUT2D eigenvalue weighted by Gasteiger charge is -2.27. The van der Waals surface area contributed by atoms with E-state index in [1.807, 2.05) is 12.1 Å². The third-order valence-electron chi connectivity index (χ3n) is 9.56. The summed E-state index contributed by atoms with van der Waals surface area (Å²) in [7, 11) is 0. The number of fused-ring (bicyclic) bond motifs is 5. The molecule has 0 heterocycles. The van der Waals surface area contributed by atoms with Gasteiger partial charge in [-0.3, -0.25) is 0 Å². The van der Waals surface area contributed by atoms with Crippen LogP contribution in [0.5, 0.6) is 0 Å². The second kappa shape index (κ2) is 11.5. The summed E-state index contributed by atoms with van der Waals surface area (Å²) in [6.07, 6.45) is 1.95. The lowest BCUT2D eigenvalue weighted by Crippen LogP contribution is -2.31.